The fourth-order valence-corrected chi connectivity index (χ4v) is 4.67. The minimum Gasteiger partial charge on any atom is -0.384 e. The number of aromatic nitrogens is 3. The second kappa shape index (κ2) is 16.2. The van der Waals surface area contributed by atoms with Crippen LogP contribution in [0.4, 0.5) is 15.9 Å². The number of halogens is 1. The predicted octanol–water partition coefficient (Wildman–Crippen LogP) is 3.51. The number of fused-ring (bicyclic) bond motifs is 1. The Morgan fingerprint density at radius 1 is 1.27 bits per heavy atom. The van der Waals surface area contributed by atoms with Gasteiger partial charge in [0.25, 0.3) is 5.56 Å². The van der Waals surface area contributed by atoms with Gasteiger partial charge in [-0.15, -0.1) is 0 Å². The summed E-state index contributed by atoms with van der Waals surface area (Å²) in [6, 6.07) is 6.89. The van der Waals surface area contributed by atoms with E-state index in [1.54, 1.807) is 19.3 Å². The molecule has 44 heavy (non-hydrogen) atoms. The average molecular weight is 621 g/mol. The smallest absolute Gasteiger partial charge is 0.277 e. The maximum Gasteiger partial charge on any atom is 0.277 e. The number of anilines is 2. The van der Waals surface area contributed by atoms with Crippen LogP contribution in [0.25, 0.3) is 6.08 Å². The second-order valence-corrected chi connectivity index (χ2v) is 10.5. The summed E-state index contributed by atoms with van der Waals surface area (Å²) in [4.78, 5) is 47.7. The van der Waals surface area contributed by atoms with Crippen LogP contribution < -0.4 is 27.7 Å². The van der Waals surface area contributed by atoms with Crippen molar-refractivity contribution < 1.29 is 14.0 Å². The lowest BCUT2D eigenvalue weighted by atomic mass is 10.0. The number of carbonyl (C=O) groups is 2. The summed E-state index contributed by atoms with van der Waals surface area (Å²) < 4.78 is 14.3. The number of rotatable bonds is 10. The molecule has 1 unspecified atom stereocenters. The highest BCUT2D eigenvalue weighted by Gasteiger charge is 2.30. The normalized spacial score (nSPS) is 14.2. The van der Waals surface area contributed by atoms with Gasteiger partial charge in [0.15, 0.2) is 11.3 Å². The predicted molar refractivity (Wildman–Crippen MR) is 175 cm³/mol. The zero-order chi connectivity index (χ0) is 32.2. The molecule has 2 aromatic heterocycles. The Kier molecular flexibility index (Phi) is 12.4. The molecular formula is C31H37FN8O3S. The molecule has 3 heterocycles. The zero-order valence-electron chi connectivity index (χ0n) is 25.0. The highest BCUT2D eigenvalue weighted by atomic mass is 32.1. The number of nitrogens with one attached hydrogen (secondary N) is 2. The number of nitrogen functional groups attached to an aromatic ring is 1. The van der Waals surface area contributed by atoms with Crippen LogP contribution in [0, 0.1) is 12.7 Å². The quantitative estimate of drug-likeness (QED) is 0.115. The van der Waals surface area contributed by atoms with E-state index in [0.29, 0.717) is 48.6 Å². The number of nitrogens with two attached hydrogens (primary N) is 2. The Bertz CT molecular complexity index is 1640. The van der Waals surface area contributed by atoms with Gasteiger partial charge < -0.3 is 22.1 Å². The van der Waals surface area contributed by atoms with Gasteiger partial charge in [0.1, 0.15) is 35.0 Å². The fraction of sp³-hybridized carbons (Fsp3) is 0.323. The van der Waals surface area contributed by atoms with Gasteiger partial charge in [-0.05, 0) is 55.5 Å². The number of aryl methyl sites for hydroxylation is 2. The number of nitrogens with zero attached hydrogens (tertiary/aromatic N) is 4. The minimum atomic E-state index is -0.527. The maximum atomic E-state index is 12.9. The van der Waals surface area contributed by atoms with Crippen LogP contribution in [0.2, 0.25) is 0 Å². The molecule has 0 saturated carbocycles. The molecule has 0 radical (unpaired) electrons. The first-order chi connectivity index (χ1) is 21.1. The second-order valence-electron chi connectivity index (χ2n) is 10.1. The van der Waals surface area contributed by atoms with Crippen LogP contribution in [0.5, 0.6) is 0 Å². The molecule has 3 aromatic rings. The third-order valence-corrected chi connectivity index (χ3v) is 7.11. The summed E-state index contributed by atoms with van der Waals surface area (Å²) in [5.41, 5.74) is 15.0. The first-order valence-electron chi connectivity index (χ1n) is 14.1. The van der Waals surface area contributed by atoms with Gasteiger partial charge in [-0.2, -0.15) is 0 Å². The fourth-order valence-electron chi connectivity index (χ4n) is 4.58. The molecule has 1 aliphatic heterocycles. The summed E-state index contributed by atoms with van der Waals surface area (Å²) in [5.74, 6) is 0.608. The van der Waals surface area contributed by atoms with Crippen LogP contribution in [-0.4, -0.2) is 51.1 Å². The lowest BCUT2D eigenvalue weighted by molar-refractivity contribution is -0.124. The molecule has 6 N–H and O–H groups in total. The van der Waals surface area contributed by atoms with Gasteiger partial charge in [-0.1, -0.05) is 49.3 Å². The van der Waals surface area contributed by atoms with Gasteiger partial charge in [0.2, 0.25) is 5.91 Å². The number of amides is 1. The van der Waals surface area contributed by atoms with E-state index in [0.717, 1.165) is 36.0 Å². The molecule has 0 bridgehead atoms. The Morgan fingerprint density at radius 2 is 2.05 bits per heavy atom. The van der Waals surface area contributed by atoms with Crippen molar-refractivity contribution >= 4 is 52.8 Å². The molecule has 4 rings (SSSR count). The third-order valence-electron chi connectivity index (χ3n) is 6.92. The number of aldehydes is 1. The number of aliphatic imine (C=N–C) groups is 1. The lowest BCUT2D eigenvalue weighted by Crippen LogP contribution is -2.37. The minimum absolute atomic E-state index is 0.0293. The van der Waals surface area contributed by atoms with Gasteiger partial charge >= 0.3 is 0 Å². The molecule has 0 aliphatic carbocycles. The number of hydrogen-bond donors (Lipinski definition) is 4. The molecule has 11 nitrogen and oxygen atoms in total. The van der Waals surface area contributed by atoms with E-state index < -0.39 is 11.9 Å². The van der Waals surface area contributed by atoms with E-state index in [9.17, 15) is 18.8 Å². The summed E-state index contributed by atoms with van der Waals surface area (Å²) in [6.45, 7) is 4.57. The number of unbranched alkanes of at least 4 members (excludes halogenated alkanes) is 1. The van der Waals surface area contributed by atoms with E-state index >= 15 is 0 Å². The first-order valence-corrected chi connectivity index (χ1v) is 14.5. The Balaban J connectivity index is 0.000000317. The summed E-state index contributed by atoms with van der Waals surface area (Å²) in [6.07, 6.45) is 9.95. The van der Waals surface area contributed by atoms with E-state index in [2.05, 4.69) is 50.8 Å². The summed E-state index contributed by atoms with van der Waals surface area (Å²) >= 11 is 4.54. The zero-order valence-corrected chi connectivity index (χ0v) is 25.8. The summed E-state index contributed by atoms with van der Waals surface area (Å²) in [7, 11) is 1.67. The molecule has 13 heteroatoms. The van der Waals surface area contributed by atoms with Crippen LogP contribution >= 0.6 is 12.2 Å². The van der Waals surface area contributed by atoms with Crippen LogP contribution in [0.1, 0.15) is 61.2 Å². The molecule has 0 saturated heterocycles. The number of amidine groups is 1. The Labute approximate surface area is 260 Å². The molecule has 232 valence electrons. The van der Waals surface area contributed by atoms with Gasteiger partial charge in [0, 0.05) is 31.8 Å². The molecule has 0 fully saturated rings. The van der Waals surface area contributed by atoms with Crippen molar-refractivity contribution in [2.75, 3.05) is 24.6 Å². The largest absolute Gasteiger partial charge is 0.384 e. The first kappa shape index (κ1) is 33.7. The standard InChI is InChI=1S/C22H30N6O2.C9H7FN2OS/c1-4-5-6-15(10-16-12-25-19(23)9-14(16)2)11-27-21(29)18-7-8-20-26-13-17(24-3)22(30)28(18)20;10-7-3-1-2-6(4-7)9(11)12-8(14)5-13/h9-10,12-13,18,24H,4-8,11H2,1-3H3,(H2,23,25)(H,27,29);1-5H,(H2,11,12,14)/b15-10+;. The van der Waals surface area contributed by atoms with Crippen LogP contribution in [-0.2, 0) is 16.0 Å². The lowest BCUT2D eigenvalue weighted by Gasteiger charge is -2.16. The van der Waals surface area contributed by atoms with Crippen molar-refractivity contribution in [1.29, 1.82) is 0 Å². The van der Waals surface area contributed by atoms with Crippen molar-refractivity contribution in [1.82, 2.24) is 19.9 Å². The van der Waals surface area contributed by atoms with Crippen molar-refractivity contribution in [2.45, 2.75) is 52.0 Å². The van der Waals surface area contributed by atoms with Gasteiger partial charge in [0.05, 0.1) is 6.20 Å². The molecule has 0 spiro atoms. The van der Waals surface area contributed by atoms with Crippen molar-refractivity contribution in [3.8, 4) is 0 Å². The van der Waals surface area contributed by atoms with Crippen LogP contribution in [0.15, 0.2) is 58.1 Å². The maximum absolute atomic E-state index is 12.9. The Morgan fingerprint density at radius 3 is 2.70 bits per heavy atom. The van der Waals surface area contributed by atoms with Crippen molar-refractivity contribution in [3.05, 3.63) is 87.0 Å². The van der Waals surface area contributed by atoms with Crippen molar-refractivity contribution in [2.24, 2.45) is 10.7 Å². The number of carbonyl (C=O) groups excluding carboxylic acids is 2. The van der Waals surface area contributed by atoms with Gasteiger partial charge in [-0.3, -0.25) is 19.0 Å². The SMILES string of the molecule is CCCC/C(=C\c1cnc(N)cc1C)CNC(=O)C1CCc2ncc(NC)c(=O)n21.NC(=NC(=S)C=O)c1cccc(F)c1. The van der Waals surface area contributed by atoms with Crippen LogP contribution in [0.3, 0.4) is 0 Å². The van der Waals surface area contributed by atoms with E-state index in [1.165, 1.54) is 29.0 Å². The molecule has 1 atom stereocenters. The third kappa shape index (κ3) is 9.11. The van der Waals surface area contributed by atoms with E-state index in [-0.39, 0.29) is 22.3 Å². The topological polar surface area (TPSA) is 170 Å². The monoisotopic (exact) mass is 620 g/mol. The molecular weight excluding hydrogens is 583 g/mol. The van der Waals surface area contributed by atoms with Gasteiger partial charge in [-0.25, -0.2) is 19.4 Å². The highest BCUT2D eigenvalue weighted by molar-refractivity contribution is 7.81. The number of hydrogen-bond acceptors (Lipinski definition) is 8. The highest BCUT2D eigenvalue weighted by Crippen LogP contribution is 2.23. The Hall–Kier alpha value is -4.78. The van der Waals surface area contributed by atoms with Crippen molar-refractivity contribution in [3.63, 3.8) is 0 Å². The molecule has 1 amide bonds. The molecule has 1 aliphatic rings. The van der Waals surface area contributed by atoms with E-state index in [4.69, 9.17) is 11.5 Å². The summed E-state index contributed by atoms with van der Waals surface area (Å²) in [5, 5.41) is 5.87. The number of thiocarbonyl (C=S) groups is 1. The number of pyridine rings is 1. The average Bonchev–Trinajstić information content (AvgIpc) is 3.45. The molecule has 1 aromatic carbocycles. The number of benzene rings is 1. The van der Waals surface area contributed by atoms with E-state index in [1.807, 2.05) is 13.0 Å².